The molecule has 2 rings (SSSR count). The van der Waals surface area contributed by atoms with E-state index in [-0.39, 0.29) is 30.7 Å². The van der Waals surface area contributed by atoms with Crippen molar-refractivity contribution in [2.75, 3.05) is 18.4 Å². The predicted molar refractivity (Wildman–Crippen MR) is 103 cm³/mol. The van der Waals surface area contributed by atoms with Gasteiger partial charge in [0.1, 0.15) is 0 Å². The van der Waals surface area contributed by atoms with E-state index in [1.54, 1.807) is 6.07 Å². The third-order valence-electron chi connectivity index (χ3n) is 3.73. The van der Waals surface area contributed by atoms with Gasteiger partial charge in [0.05, 0.1) is 11.4 Å². The van der Waals surface area contributed by atoms with Crippen molar-refractivity contribution in [3.05, 3.63) is 52.2 Å². The Labute approximate surface area is 157 Å². The quantitative estimate of drug-likeness (QED) is 0.591. The molecule has 0 aliphatic heterocycles. The number of rotatable bonds is 9. The van der Waals surface area contributed by atoms with Crippen LogP contribution in [0.15, 0.2) is 41.8 Å². The molecule has 0 bridgehead atoms. The van der Waals surface area contributed by atoms with Crippen molar-refractivity contribution in [3.8, 4) is 0 Å². The lowest BCUT2D eigenvalue weighted by Gasteiger charge is -2.10. The second-order valence-corrected chi connectivity index (χ2v) is 6.62. The third-order valence-corrected chi connectivity index (χ3v) is 4.60. The summed E-state index contributed by atoms with van der Waals surface area (Å²) in [7, 11) is 0. The van der Waals surface area contributed by atoms with Gasteiger partial charge in [-0.05, 0) is 35.9 Å². The molecule has 0 saturated heterocycles. The summed E-state index contributed by atoms with van der Waals surface area (Å²) in [5.74, 6) is -0.603. The van der Waals surface area contributed by atoms with Crippen LogP contribution >= 0.6 is 11.3 Å². The topological polar surface area (TPSA) is 87.3 Å². The van der Waals surface area contributed by atoms with Gasteiger partial charge in [0, 0.05) is 18.7 Å². The second-order valence-electron chi connectivity index (χ2n) is 5.67. The fraction of sp³-hybridized carbons (Fsp3) is 0.316. The van der Waals surface area contributed by atoms with Crippen LogP contribution in [0.3, 0.4) is 0 Å². The largest absolute Gasteiger partial charge is 0.351 e. The Bertz CT molecular complexity index is 744. The summed E-state index contributed by atoms with van der Waals surface area (Å²) < 4.78 is 0. The molecule has 0 fully saturated rings. The van der Waals surface area contributed by atoms with Crippen molar-refractivity contribution in [1.29, 1.82) is 0 Å². The molecule has 26 heavy (non-hydrogen) atoms. The molecule has 7 heteroatoms. The maximum Gasteiger partial charge on any atom is 0.261 e. The minimum absolute atomic E-state index is 0.0710. The highest BCUT2D eigenvalue weighted by Crippen LogP contribution is 2.14. The van der Waals surface area contributed by atoms with Crippen molar-refractivity contribution in [2.24, 2.45) is 0 Å². The van der Waals surface area contributed by atoms with Gasteiger partial charge >= 0.3 is 0 Å². The lowest BCUT2D eigenvalue weighted by atomic mass is 10.1. The summed E-state index contributed by atoms with van der Waals surface area (Å²) in [6.07, 6.45) is 1.59. The van der Waals surface area contributed by atoms with Crippen molar-refractivity contribution >= 4 is 34.7 Å². The van der Waals surface area contributed by atoms with Crippen molar-refractivity contribution in [2.45, 2.75) is 26.2 Å². The van der Waals surface area contributed by atoms with Gasteiger partial charge in [0.2, 0.25) is 11.8 Å². The number of para-hydroxylation sites is 1. The van der Waals surface area contributed by atoms with Crippen LogP contribution in [0.4, 0.5) is 5.69 Å². The fourth-order valence-electron chi connectivity index (χ4n) is 2.36. The molecule has 2 aromatic rings. The van der Waals surface area contributed by atoms with Gasteiger partial charge in [-0.15, -0.1) is 11.3 Å². The zero-order chi connectivity index (χ0) is 18.8. The summed E-state index contributed by atoms with van der Waals surface area (Å²) in [6, 6.07) is 11.2. The molecule has 1 heterocycles. The number of anilines is 1. The van der Waals surface area contributed by atoms with Gasteiger partial charge in [-0.3, -0.25) is 14.4 Å². The van der Waals surface area contributed by atoms with E-state index in [0.717, 1.165) is 17.7 Å². The Morgan fingerprint density at radius 1 is 1.00 bits per heavy atom. The van der Waals surface area contributed by atoms with E-state index in [1.807, 2.05) is 42.6 Å². The Kier molecular flexibility index (Phi) is 7.82. The lowest BCUT2D eigenvalue weighted by Crippen LogP contribution is -2.33. The van der Waals surface area contributed by atoms with E-state index in [2.05, 4.69) is 16.0 Å². The summed E-state index contributed by atoms with van der Waals surface area (Å²) in [5, 5.41) is 10.0. The summed E-state index contributed by atoms with van der Waals surface area (Å²) in [6.45, 7) is 2.36. The van der Waals surface area contributed by atoms with E-state index in [1.165, 1.54) is 11.3 Å². The van der Waals surface area contributed by atoms with E-state index in [4.69, 9.17) is 0 Å². The fourth-order valence-corrected chi connectivity index (χ4v) is 3.00. The number of benzene rings is 1. The van der Waals surface area contributed by atoms with Crippen LogP contribution in [0, 0.1) is 0 Å². The highest BCUT2D eigenvalue weighted by Gasteiger charge is 2.09. The van der Waals surface area contributed by atoms with Gasteiger partial charge in [0.15, 0.2) is 0 Å². The van der Waals surface area contributed by atoms with Crippen molar-refractivity contribution in [3.63, 3.8) is 0 Å². The minimum Gasteiger partial charge on any atom is -0.351 e. The van der Waals surface area contributed by atoms with Gasteiger partial charge in [-0.2, -0.15) is 0 Å². The van der Waals surface area contributed by atoms with Crippen LogP contribution in [-0.4, -0.2) is 30.8 Å². The van der Waals surface area contributed by atoms with Crippen molar-refractivity contribution in [1.82, 2.24) is 10.6 Å². The predicted octanol–water partition coefficient (Wildman–Crippen LogP) is 2.58. The Morgan fingerprint density at radius 3 is 2.54 bits per heavy atom. The molecule has 138 valence electrons. The van der Waals surface area contributed by atoms with Gasteiger partial charge < -0.3 is 16.0 Å². The molecule has 0 atom stereocenters. The number of aryl methyl sites for hydroxylation is 1. The molecule has 3 amide bonds. The molecule has 0 unspecified atom stereocenters. The number of hydrogen-bond donors (Lipinski definition) is 3. The minimum atomic E-state index is -0.259. The SMILES string of the molecule is CCc1ccccc1NC(=O)CNC(=O)CCCNC(=O)c1cccs1. The number of amides is 3. The Balaban J connectivity index is 1.62. The standard InChI is InChI=1S/C19H23N3O3S/c1-2-14-7-3-4-8-15(14)22-18(24)13-21-17(23)10-5-11-20-19(25)16-9-6-12-26-16/h3-4,6-9,12H,2,5,10-11,13H2,1H3,(H,20,25)(H,21,23)(H,22,24). The first-order valence-corrected chi connectivity index (χ1v) is 9.44. The van der Waals surface area contributed by atoms with E-state index in [0.29, 0.717) is 17.8 Å². The molecule has 0 spiro atoms. The van der Waals surface area contributed by atoms with Crippen LogP contribution in [0.1, 0.15) is 35.0 Å². The Hall–Kier alpha value is -2.67. The zero-order valence-corrected chi connectivity index (χ0v) is 15.5. The zero-order valence-electron chi connectivity index (χ0n) is 14.7. The maximum absolute atomic E-state index is 12.0. The molecular formula is C19H23N3O3S. The number of carbonyl (C=O) groups is 3. The molecule has 1 aromatic heterocycles. The molecule has 0 aliphatic carbocycles. The molecule has 0 saturated carbocycles. The normalized spacial score (nSPS) is 10.2. The summed E-state index contributed by atoms with van der Waals surface area (Å²) in [5.41, 5.74) is 1.82. The van der Waals surface area contributed by atoms with E-state index in [9.17, 15) is 14.4 Å². The molecule has 3 N–H and O–H groups in total. The van der Waals surface area contributed by atoms with E-state index >= 15 is 0 Å². The lowest BCUT2D eigenvalue weighted by molar-refractivity contribution is -0.124. The molecule has 1 aromatic carbocycles. The first-order valence-electron chi connectivity index (χ1n) is 8.56. The number of thiophene rings is 1. The summed E-state index contributed by atoms with van der Waals surface area (Å²) >= 11 is 1.37. The van der Waals surface area contributed by atoms with Gasteiger partial charge in [0.25, 0.3) is 5.91 Å². The van der Waals surface area contributed by atoms with Gasteiger partial charge in [-0.1, -0.05) is 31.2 Å². The summed E-state index contributed by atoms with van der Waals surface area (Å²) in [4.78, 5) is 36.1. The monoisotopic (exact) mass is 373 g/mol. The van der Waals surface area contributed by atoms with Gasteiger partial charge in [-0.25, -0.2) is 0 Å². The van der Waals surface area contributed by atoms with Crippen LogP contribution in [0.5, 0.6) is 0 Å². The first kappa shape index (κ1) is 19.7. The Morgan fingerprint density at radius 2 is 1.81 bits per heavy atom. The molecular weight excluding hydrogens is 350 g/mol. The van der Waals surface area contributed by atoms with Crippen molar-refractivity contribution < 1.29 is 14.4 Å². The highest BCUT2D eigenvalue weighted by atomic mass is 32.1. The molecule has 0 aliphatic rings. The van der Waals surface area contributed by atoms with Crippen LogP contribution in [0.25, 0.3) is 0 Å². The second kappa shape index (κ2) is 10.4. The number of nitrogens with one attached hydrogen (secondary N) is 3. The molecule has 6 nitrogen and oxygen atoms in total. The third kappa shape index (κ3) is 6.33. The first-order chi connectivity index (χ1) is 12.6. The van der Waals surface area contributed by atoms with Crippen LogP contribution in [-0.2, 0) is 16.0 Å². The number of carbonyl (C=O) groups excluding carboxylic acids is 3. The van der Waals surface area contributed by atoms with Crippen LogP contribution < -0.4 is 16.0 Å². The number of hydrogen-bond acceptors (Lipinski definition) is 4. The maximum atomic E-state index is 12.0. The average Bonchev–Trinajstić information content (AvgIpc) is 3.18. The average molecular weight is 373 g/mol. The smallest absolute Gasteiger partial charge is 0.261 e. The van der Waals surface area contributed by atoms with E-state index < -0.39 is 0 Å². The molecule has 0 radical (unpaired) electrons. The highest BCUT2D eigenvalue weighted by molar-refractivity contribution is 7.12. The van der Waals surface area contributed by atoms with Crippen LogP contribution in [0.2, 0.25) is 0 Å².